The molecule has 0 aromatic carbocycles. The molecule has 1 aliphatic rings. The fraction of sp³-hybridized carbons (Fsp3) is 0.727. The van der Waals surface area contributed by atoms with Gasteiger partial charge in [0.25, 0.3) is 0 Å². The lowest BCUT2D eigenvalue weighted by Crippen LogP contribution is -2.38. The van der Waals surface area contributed by atoms with E-state index in [4.69, 9.17) is 11.6 Å². The first kappa shape index (κ1) is 11.2. The Hall–Kier alpha value is -0.280. The van der Waals surface area contributed by atoms with Gasteiger partial charge in [-0.25, -0.2) is 4.98 Å². The monoisotopic (exact) mass is 244 g/mol. The predicted molar refractivity (Wildman–Crippen MR) is 66.8 cm³/mol. The average molecular weight is 245 g/mol. The summed E-state index contributed by atoms with van der Waals surface area (Å²) in [7, 11) is 0. The molecule has 1 aromatic rings. The smallest absolute Gasteiger partial charge is 0.185 e. The summed E-state index contributed by atoms with van der Waals surface area (Å²) in [5.74, 6) is 2.13. The van der Waals surface area contributed by atoms with Gasteiger partial charge < -0.3 is 4.90 Å². The van der Waals surface area contributed by atoms with E-state index in [0.717, 1.165) is 35.8 Å². The lowest BCUT2D eigenvalue weighted by molar-refractivity contribution is 0.323. The molecule has 0 amide bonds. The molecule has 0 radical (unpaired) electrons. The van der Waals surface area contributed by atoms with E-state index in [0.29, 0.717) is 5.88 Å². The van der Waals surface area contributed by atoms with E-state index >= 15 is 0 Å². The number of nitrogens with zero attached hydrogens (tertiary/aromatic N) is 2. The van der Waals surface area contributed by atoms with Gasteiger partial charge in [0.2, 0.25) is 0 Å². The van der Waals surface area contributed by atoms with Crippen molar-refractivity contribution in [2.45, 2.75) is 26.1 Å². The van der Waals surface area contributed by atoms with Gasteiger partial charge in [0.15, 0.2) is 5.13 Å². The van der Waals surface area contributed by atoms with Crippen LogP contribution in [0.2, 0.25) is 0 Å². The highest BCUT2D eigenvalue weighted by molar-refractivity contribution is 7.13. The molecule has 84 valence electrons. The number of rotatable bonds is 2. The van der Waals surface area contributed by atoms with Crippen LogP contribution in [0.25, 0.3) is 0 Å². The maximum Gasteiger partial charge on any atom is 0.185 e. The number of aromatic nitrogens is 1. The van der Waals surface area contributed by atoms with Crippen molar-refractivity contribution in [1.29, 1.82) is 0 Å². The Labute approximate surface area is 100 Å². The lowest BCUT2D eigenvalue weighted by atomic mass is 9.89. The number of hydrogen-bond acceptors (Lipinski definition) is 3. The second-order valence-electron chi connectivity index (χ2n) is 4.44. The standard InChI is InChI=1S/C11H17ClN2S/c1-8-3-4-14(6-9(8)2)11-13-10(5-12)7-15-11/h7-9H,3-6H2,1-2H3. The molecule has 2 nitrogen and oxygen atoms in total. The molecule has 0 spiro atoms. The summed E-state index contributed by atoms with van der Waals surface area (Å²) in [5.41, 5.74) is 1.00. The second kappa shape index (κ2) is 4.71. The number of anilines is 1. The summed E-state index contributed by atoms with van der Waals surface area (Å²) in [4.78, 5) is 6.92. The molecule has 0 saturated carbocycles. The van der Waals surface area contributed by atoms with Crippen LogP contribution < -0.4 is 4.90 Å². The van der Waals surface area contributed by atoms with Crippen LogP contribution >= 0.6 is 22.9 Å². The summed E-state index contributed by atoms with van der Waals surface area (Å²) in [6.07, 6.45) is 1.27. The summed E-state index contributed by atoms with van der Waals surface area (Å²) >= 11 is 7.47. The quantitative estimate of drug-likeness (QED) is 0.742. The predicted octanol–water partition coefficient (Wildman–Crippen LogP) is 3.36. The first-order valence-electron chi connectivity index (χ1n) is 5.46. The molecule has 0 aliphatic carbocycles. The summed E-state index contributed by atoms with van der Waals surface area (Å²) in [6.45, 7) is 6.94. The molecule has 0 N–H and O–H groups in total. The fourth-order valence-electron chi connectivity index (χ4n) is 1.94. The Balaban J connectivity index is 2.05. The zero-order valence-electron chi connectivity index (χ0n) is 9.24. The van der Waals surface area contributed by atoms with Crippen molar-refractivity contribution in [3.63, 3.8) is 0 Å². The lowest BCUT2D eigenvalue weighted by Gasteiger charge is -2.35. The van der Waals surface area contributed by atoms with Crippen molar-refractivity contribution in [2.75, 3.05) is 18.0 Å². The van der Waals surface area contributed by atoms with Crippen molar-refractivity contribution in [2.24, 2.45) is 11.8 Å². The first-order chi connectivity index (χ1) is 7.20. The van der Waals surface area contributed by atoms with E-state index in [1.54, 1.807) is 11.3 Å². The second-order valence-corrected chi connectivity index (χ2v) is 5.55. The van der Waals surface area contributed by atoms with Crippen LogP contribution in [0.4, 0.5) is 5.13 Å². The molecule has 2 unspecified atom stereocenters. The van der Waals surface area contributed by atoms with Crippen LogP contribution in [0, 0.1) is 11.8 Å². The van der Waals surface area contributed by atoms with E-state index in [2.05, 4.69) is 29.1 Å². The van der Waals surface area contributed by atoms with Gasteiger partial charge in [0.1, 0.15) is 0 Å². The fourth-order valence-corrected chi connectivity index (χ4v) is 3.03. The first-order valence-corrected chi connectivity index (χ1v) is 6.87. The van der Waals surface area contributed by atoms with Gasteiger partial charge in [-0.1, -0.05) is 13.8 Å². The van der Waals surface area contributed by atoms with Gasteiger partial charge in [0, 0.05) is 18.5 Å². The molecule has 15 heavy (non-hydrogen) atoms. The molecular weight excluding hydrogens is 228 g/mol. The Morgan fingerprint density at radius 2 is 2.33 bits per heavy atom. The third-order valence-electron chi connectivity index (χ3n) is 3.28. The van der Waals surface area contributed by atoms with Crippen molar-refractivity contribution in [3.8, 4) is 0 Å². The Kier molecular flexibility index (Phi) is 3.52. The largest absolute Gasteiger partial charge is 0.348 e. The van der Waals surface area contributed by atoms with Gasteiger partial charge in [0.05, 0.1) is 11.6 Å². The minimum Gasteiger partial charge on any atom is -0.348 e. The molecule has 2 atom stereocenters. The number of halogens is 1. The number of thiazole rings is 1. The molecule has 1 saturated heterocycles. The van der Waals surface area contributed by atoms with Crippen LogP contribution in [0.15, 0.2) is 5.38 Å². The van der Waals surface area contributed by atoms with Crippen molar-refractivity contribution in [3.05, 3.63) is 11.1 Å². The van der Waals surface area contributed by atoms with Crippen molar-refractivity contribution < 1.29 is 0 Å². The molecule has 1 aromatic heterocycles. The van der Waals surface area contributed by atoms with Gasteiger partial charge in [-0.3, -0.25) is 0 Å². The van der Waals surface area contributed by atoms with Crippen molar-refractivity contribution >= 4 is 28.1 Å². The van der Waals surface area contributed by atoms with Crippen LogP contribution in [0.5, 0.6) is 0 Å². The number of alkyl halides is 1. The van der Waals surface area contributed by atoms with E-state index in [-0.39, 0.29) is 0 Å². The van der Waals surface area contributed by atoms with Crippen LogP contribution in [-0.2, 0) is 5.88 Å². The van der Waals surface area contributed by atoms with Gasteiger partial charge >= 0.3 is 0 Å². The maximum absolute atomic E-state index is 5.76. The highest BCUT2D eigenvalue weighted by Gasteiger charge is 2.24. The Bertz CT molecular complexity index is 326. The molecule has 2 rings (SSSR count). The SMILES string of the molecule is CC1CCN(c2nc(CCl)cs2)CC1C. The number of hydrogen-bond donors (Lipinski definition) is 0. The maximum atomic E-state index is 5.76. The van der Waals surface area contributed by atoms with E-state index < -0.39 is 0 Å². The average Bonchev–Trinajstić information content (AvgIpc) is 2.70. The molecule has 1 fully saturated rings. The van der Waals surface area contributed by atoms with Gasteiger partial charge in [-0.05, 0) is 18.3 Å². The summed E-state index contributed by atoms with van der Waals surface area (Å²) in [5, 5.41) is 3.20. The highest BCUT2D eigenvalue weighted by Crippen LogP contribution is 2.29. The Morgan fingerprint density at radius 1 is 1.53 bits per heavy atom. The van der Waals surface area contributed by atoms with Gasteiger partial charge in [-0.2, -0.15) is 0 Å². The van der Waals surface area contributed by atoms with Crippen LogP contribution in [-0.4, -0.2) is 18.1 Å². The zero-order chi connectivity index (χ0) is 10.8. The normalized spacial score (nSPS) is 27.0. The number of piperidine rings is 1. The summed E-state index contributed by atoms with van der Waals surface area (Å²) in [6, 6.07) is 0. The minimum atomic E-state index is 0.524. The van der Waals surface area contributed by atoms with Gasteiger partial charge in [-0.15, -0.1) is 22.9 Å². The van der Waals surface area contributed by atoms with Crippen LogP contribution in [0.3, 0.4) is 0 Å². The van der Waals surface area contributed by atoms with E-state index in [9.17, 15) is 0 Å². The molecule has 0 bridgehead atoms. The topological polar surface area (TPSA) is 16.1 Å². The van der Waals surface area contributed by atoms with Crippen LogP contribution in [0.1, 0.15) is 26.0 Å². The van der Waals surface area contributed by atoms with E-state index in [1.807, 2.05) is 0 Å². The van der Waals surface area contributed by atoms with Crippen molar-refractivity contribution in [1.82, 2.24) is 4.98 Å². The molecule has 4 heteroatoms. The molecule has 1 aliphatic heterocycles. The highest BCUT2D eigenvalue weighted by atomic mass is 35.5. The minimum absolute atomic E-state index is 0.524. The third kappa shape index (κ3) is 2.45. The molecule has 2 heterocycles. The Morgan fingerprint density at radius 3 is 2.93 bits per heavy atom. The summed E-state index contributed by atoms with van der Waals surface area (Å²) < 4.78 is 0. The zero-order valence-corrected chi connectivity index (χ0v) is 10.8. The van der Waals surface area contributed by atoms with E-state index in [1.165, 1.54) is 6.42 Å². The molecular formula is C11H17ClN2S. The third-order valence-corrected chi connectivity index (χ3v) is 4.51.